The van der Waals surface area contributed by atoms with Crippen LogP contribution in [0.15, 0.2) is 35.3 Å². The van der Waals surface area contributed by atoms with Crippen molar-refractivity contribution in [1.29, 1.82) is 0 Å². The molecule has 0 saturated carbocycles. The summed E-state index contributed by atoms with van der Waals surface area (Å²) in [5, 5.41) is 4.45. The summed E-state index contributed by atoms with van der Waals surface area (Å²) in [6.07, 6.45) is 1.66. The monoisotopic (exact) mass is 351 g/mol. The molecule has 1 saturated heterocycles. The average Bonchev–Trinajstić information content (AvgIpc) is 2.61. The fourth-order valence-electron chi connectivity index (χ4n) is 2.97. The van der Waals surface area contributed by atoms with Crippen LogP contribution in [0.5, 0.6) is 0 Å². The maximum Gasteiger partial charge on any atom is 0.287 e. The van der Waals surface area contributed by atoms with Crippen LogP contribution in [-0.4, -0.2) is 42.5 Å². The largest absolute Gasteiger partial charge is 0.358 e. The van der Waals surface area contributed by atoms with Gasteiger partial charge in [-0.2, -0.15) is 5.10 Å². The van der Waals surface area contributed by atoms with Gasteiger partial charge in [0.25, 0.3) is 5.56 Å². The Bertz CT molecular complexity index is 754. The number of piperazine rings is 1. The number of likely N-dealkylation sites (N-methyl/N-ethyl adjacent to an activating group) is 1. The van der Waals surface area contributed by atoms with E-state index in [1.165, 1.54) is 16.8 Å². The highest BCUT2D eigenvalue weighted by Gasteiger charge is 2.22. The van der Waals surface area contributed by atoms with Crippen molar-refractivity contribution in [3.63, 3.8) is 0 Å². The highest BCUT2D eigenvalue weighted by Crippen LogP contribution is 2.21. The second-order valence-electron chi connectivity index (χ2n) is 6.02. The smallest absolute Gasteiger partial charge is 0.287 e. The molecule has 1 aromatic carbocycles. The molecule has 0 atom stereocenters. The van der Waals surface area contributed by atoms with Crippen LogP contribution in [0.1, 0.15) is 12.5 Å². The molecule has 0 aliphatic carbocycles. The van der Waals surface area contributed by atoms with E-state index in [-0.39, 0.29) is 22.9 Å². The molecule has 5 nitrogen and oxygen atoms in total. The normalized spacial score (nSPS) is 15.7. The lowest BCUT2D eigenvalue weighted by Crippen LogP contribution is -3.14. The predicted octanol–water partition coefficient (Wildman–Crippen LogP) is 0.809. The third-order valence-corrected chi connectivity index (χ3v) is 4.88. The Morgan fingerprint density at radius 3 is 2.54 bits per heavy atom. The first-order valence-electron chi connectivity index (χ1n) is 8.17. The summed E-state index contributed by atoms with van der Waals surface area (Å²) < 4.78 is 14.3. The summed E-state index contributed by atoms with van der Waals surface area (Å²) in [7, 11) is 0. The van der Waals surface area contributed by atoms with Crippen molar-refractivity contribution >= 4 is 17.3 Å². The highest BCUT2D eigenvalue weighted by molar-refractivity contribution is 6.33. The summed E-state index contributed by atoms with van der Waals surface area (Å²) in [6, 6.07) is 6.01. The van der Waals surface area contributed by atoms with Crippen molar-refractivity contribution in [2.24, 2.45) is 0 Å². The molecule has 24 heavy (non-hydrogen) atoms. The molecule has 1 aliphatic rings. The molecule has 0 unspecified atom stereocenters. The molecule has 0 amide bonds. The molecular formula is C17H21ClFN4O+. The SMILES string of the molecule is CC[NH+]1CCN(c2cnn(Cc3ccc(F)cc3)c(=O)c2Cl)CC1. The third-order valence-electron chi connectivity index (χ3n) is 4.52. The van der Waals surface area contributed by atoms with Gasteiger partial charge in [-0.1, -0.05) is 23.7 Å². The van der Waals surface area contributed by atoms with E-state index in [0.29, 0.717) is 5.69 Å². The van der Waals surface area contributed by atoms with E-state index >= 15 is 0 Å². The van der Waals surface area contributed by atoms with E-state index in [0.717, 1.165) is 38.3 Å². The van der Waals surface area contributed by atoms with Crippen LogP contribution in [0, 0.1) is 5.82 Å². The first-order chi connectivity index (χ1) is 11.6. The van der Waals surface area contributed by atoms with Gasteiger partial charge in [0.2, 0.25) is 0 Å². The van der Waals surface area contributed by atoms with Crippen molar-refractivity contribution < 1.29 is 9.29 Å². The van der Waals surface area contributed by atoms with E-state index in [1.54, 1.807) is 23.2 Å². The molecule has 128 valence electrons. The van der Waals surface area contributed by atoms with Gasteiger partial charge in [-0.15, -0.1) is 0 Å². The molecule has 0 radical (unpaired) electrons. The van der Waals surface area contributed by atoms with E-state index in [9.17, 15) is 9.18 Å². The van der Waals surface area contributed by atoms with Crippen LogP contribution in [-0.2, 0) is 6.54 Å². The minimum atomic E-state index is -0.316. The van der Waals surface area contributed by atoms with Crippen molar-refractivity contribution in [1.82, 2.24) is 9.78 Å². The number of halogens is 2. The van der Waals surface area contributed by atoms with E-state index in [2.05, 4.69) is 16.9 Å². The summed E-state index contributed by atoms with van der Waals surface area (Å²) >= 11 is 6.31. The Morgan fingerprint density at radius 2 is 1.92 bits per heavy atom. The molecule has 2 heterocycles. The van der Waals surface area contributed by atoms with E-state index in [1.807, 2.05) is 0 Å². The van der Waals surface area contributed by atoms with Crippen molar-refractivity contribution in [2.75, 3.05) is 37.6 Å². The Kier molecular flexibility index (Phi) is 5.16. The van der Waals surface area contributed by atoms with Gasteiger partial charge in [0, 0.05) is 0 Å². The lowest BCUT2D eigenvalue weighted by Gasteiger charge is -2.33. The second-order valence-corrected chi connectivity index (χ2v) is 6.40. The molecule has 1 aliphatic heterocycles. The highest BCUT2D eigenvalue weighted by atomic mass is 35.5. The van der Waals surface area contributed by atoms with Crippen LogP contribution in [0.4, 0.5) is 10.1 Å². The number of hydrogen-bond donors (Lipinski definition) is 1. The molecule has 0 bridgehead atoms. The quantitative estimate of drug-likeness (QED) is 0.886. The summed E-state index contributed by atoms with van der Waals surface area (Å²) in [6.45, 7) is 7.36. The Hall–Kier alpha value is -1.92. The Balaban J connectivity index is 1.79. The lowest BCUT2D eigenvalue weighted by atomic mass is 10.2. The van der Waals surface area contributed by atoms with Crippen LogP contribution in [0.3, 0.4) is 0 Å². The standard InChI is InChI=1S/C17H20ClFN4O/c1-2-21-7-9-22(10-8-21)15-11-20-23(17(24)16(15)18)12-13-3-5-14(19)6-4-13/h3-6,11H,2,7-10,12H2,1H3/p+1. The number of anilines is 1. The Morgan fingerprint density at radius 1 is 1.25 bits per heavy atom. The molecule has 1 aromatic heterocycles. The first-order valence-corrected chi connectivity index (χ1v) is 8.55. The molecule has 2 aromatic rings. The maximum absolute atomic E-state index is 13.0. The van der Waals surface area contributed by atoms with Crippen molar-refractivity contribution in [3.8, 4) is 0 Å². The van der Waals surface area contributed by atoms with Gasteiger partial charge >= 0.3 is 0 Å². The maximum atomic E-state index is 13.0. The van der Waals surface area contributed by atoms with E-state index in [4.69, 9.17) is 11.6 Å². The molecule has 7 heteroatoms. The number of quaternary nitrogens is 1. The van der Waals surface area contributed by atoms with Gasteiger partial charge in [-0.25, -0.2) is 9.07 Å². The number of benzene rings is 1. The zero-order chi connectivity index (χ0) is 17.1. The van der Waals surface area contributed by atoms with Gasteiger partial charge in [0.05, 0.1) is 51.2 Å². The lowest BCUT2D eigenvalue weighted by molar-refractivity contribution is -0.898. The zero-order valence-electron chi connectivity index (χ0n) is 13.6. The van der Waals surface area contributed by atoms with Gasteiger partial charge in [-0.05, 0) is 24.6 Å². The number of aromatic nitrogens is 2. The third kappa shape index (κ3) is 3.60. The number of nitrogens with zero attached hydrogens (tertiary/aromatic N) is 3. The second kappa shape index (κ2) is 7.32. The van der Waals surface area contributed by atoms with Gasteiger partial charge in [0.1, 0.15) is 10.8 Å². The number of hydrogen-bond acceptors (Lipinski definition) is 3. The number of nitrogens with one attached hydrogen (secondary N) is 1. The predicted molar refractivity (Wildman–Crippen MR) is 92.5 cm³/mol. The molecular weight excluding hydrogens is 331 g/mol. The van der Waals surface area contributed by atoms with Crippen molar-refractivity contribution in [3.05, 3.63) is 57.2 Å². The Labute approximate surface area is 145 Å². The molecule has 0 spiro atoms. The van der Waals surface area contributed by atoms with E-state index < -0.39 is 0 Å². The van der Waals surface area contributed by atoms with Crippen molar-refractivity contribution in [2.45, 2.75) is 13.5 Å². The summed E-state index contributed by atoms with van der Waals surface area (Å²) in [5.74, 6) is -0.305. The first kappa shape index (κ1) is 16.9. The van der Waals surface area contributed by atoms with Crippen LogP contribution < -0.4 is 15.4 Å². The van der Waals surface area contributed by atoms with Gasteiger partial charge in [0.15, 0.2) is 0 Å². The molecule has 3 rings (SSSR count). The number of rotatable bonds is 4. The summed E-state index contributed by atoms with van der Waals surface area (Å²) in [4.78, 5) is 16.2. The van der Waals surface area contributed by atoms with Crippen LogP contribution in [0.2, 0.25) is 5.02 Å². The van der Waals surface area contributed by atoms with Crippen LogP contribution in [0.25, 0.3) is 0 Å². The minimum absolute atomic E-state index is 0.201. The summed E-state index contributed by atoms with van der Waals surface area (Å²) in [5.41, 5.74) is 1.19. The fraction of sp³-hybridized carbons (Fsp3) is 0.412. The molecule has 1 fully saturated rings. The fourth-order valence-corrected chi connectivity index (χ4v) is 3.24. The molecule has 1 N–H and O–H groups in total. The minimum Gasteiger partial charge on any atom is -0.358 e. The topological polar surface area (TPSA) is 42.6 Å². The van der Waals surface area contributed by atoms with Gasteiger partial charge < -0.3 is 9.80 Å². The average molecular weight is 352 g/mol. The zero-order valence-corrected chi connectivity index (χ0v) is 14.4. The van der Waals surface area contributed by atoms with Gasteiger partial charge in [-0.3, -0.25) is 4.79 Å². The van der Waals surface area contributed by atoms with Crippen LogP contribution >= 0.6 is 11.6 Å².